The van der Waals surface area contributed by atoms with Crippen LogP contribution in [0.2, 0.25) is 0 Å². The molecule has 3 N–H and O–H groups in total. The van der Waals surface area contributed by atoms with Crippen LogP contribution in [0, 0.1) is 0 Å². The Hall–Kier alpha value is -0.560. The maximum absolute atomic E-state index is 12.8. The summed E-state index contributed by atoms with van der Waals surface area (Å²) in [6, 6.07) is 1.10. The molecule has 2 heterocycles. The van der Waals surface area contributed by atoms with Crippen LogP contribution in [-0.4, -0.2) is 54.0 Å². The van der Waals surface area contributed by atoms with E-state index in [-0.39, 0.29) is 27.1 Å². The highest BCUT2D eigenvalue weighted by molar-refractivity contribution is 7.94. The summed E-state index contributed by atoms with van der Waals surface area (Å²) in [5, 5.41) is 8.37. The predicted octanol–water partition coefficient (Wildman–Crippen LogP) is 0.475. The van der Waals surface area contributed by atoms with Crippen LogP contribution in [0.1, 0.15) is 31.9 Å². The molecular formula is C13H23N3O5S3. The Morgan fingerprint density at radius 2 is 2.21 bits per heavy atom. The Morgan fingerprint density at radius 1 is 1.54 bits per heavy atom. The average molecular weight is 398 g/mol. The van der Waals surface area contributed by atoms with Crippen molar-refractivity contribution in [1.29, 1.82) is 0 Å². The number of nitrogens with two attached hydrogens (primary N) is 1. The number of sulfonamides is 2. The van der Waals surface area contributed by atoms with E-state index < -0.39 is 20.0 Å². The molecule has 1 unspecified atom stereocenters. The lowest BCUT2D eigenvalue weighted by Crippen LogP contribution is -2.44. The summed E-state index contributed by atoms with van der Waals surface area (Å²) in [6.07, 6.45) is 0.486. The fourth-order valence-corrected chi connectivity index (χ4v) is 6.83. The van der Waals surface area contributed by atoms with E-state index >= 15 is 0 Å². The summed E-state index contributed by atoms with van der Waals surface area (Å²) < 4.78 is 55.3. The van der Waals surface area contributed by atoms with E-state index in [2.05, 4.69) is 5.32 Å². The molecule has 0 saturated carbocycles. The monoisotopic (exact) mass is 397 g/mol. The van der Waals surface area contributed by atoms with Gasteiger partial charge in [0.25, 0.3) is 10.0 Å². The molecule has 0 aliphatic carbocycles. The Morgan fingerprint density at radius 3 is 2.75 bits per heavy atom. The minimum atomic E-state index is -3.94. The Labute approximate surface area is 147 Å². The number of ether oxygens (including phenoxy) is 1. The van der Waals surface area contributed by atoms with Gasteiger partial charge in [-0.1, -0.05) is 6.92 Å². The topological polar surface area (TPSA) is 119 Å². The molecule has 1 aromatic rings. The molecule has 24 heavy (non-hydrogen) atoms. The van der Waals surface area contributed by atoms with Crippen molar-refractivity contribution < 1.29 is 21.6 Å². The molecule has 8 nitrogen and oxygen atoms in total. The van der Waals surface area contributed by atoms with E-state index in [1.807, 2.05) is 13.8 Å². The molecule has 1 aromatic heterocycles. The van der Waals surface area contributed by atoms with E-state index in [1.165, 1.54) is 10.4 Å². The number of primary sulfonamides is 1. The van der Waals surface area contributed by atoms with Crippen molar-refractivity contribution >= 4 is 31.4 Å². The quantitative estimate of drug-likeness (QED) is 0.690. The van der Waals surface area contributed by atoms with Crippen LogP contribution in [0.5, 0.6) is 0 Å². The Balaban J connectivity index is 2.43. The normalized spacial score (nSPS) is 22.2. The lowest BCUT2D eigenvalue weighted by atomic mass is 10.1. The Bertz CT molecular complexity index is 788. The number of methoxy groups -OCH3 is 1. The summed E-state index contributed by atoms with van der Waals surface area (Å²) in [5.74, 6) is 0. The second-order valence-corrected chi connectivity index (χ2v) is 10.6. The number of hydrogen-bond donors (Lipinski definition) is 2. The molecular weight excluding hydrogens is 374 g/mol. The van der Waals surface area contributed by atoms with Gasteiger partial charge in [-0.15, -0.1) is 11.3 Å². The lowest BCUT2D eigenvalue weighted by molar-refractivity contribution is 0.105. The molecule has 1 aliphatic rings. The first-order valence-corrected chi connectivity index (χ1v) is 11.3. The van der Waals surface area contributed by atoms with Gasteiger partial charge < -0.3 is 10.1 Å². The van der Waals surface area contributed by atoms with E-state index in [1.54, 1.807) is 7.11 Å². The SMILES string of the molecule is CCN[C@H]1CN(CCC(C)OC)S(=O)(=O)c2sc(S(N)(=O)=O)cc21. The van der Waals surface area contributed by atoms with Gasteiger partial charge in [0.05, 0.1) is 6.10 Å². The highest BCUT2D eigenvalue weighted by Gasteiger charge is 2.39. The molecule has 1 aliphatic heterocycles. The standard InChI is InChI=1S/C13H23N3O5S3/c1-4-15-11-8-16(6-5-9(2)21-3)24(19,20)13-10(11)7-12(22-13)23(14,17)18/h7,9,11,15H,4-6,8H2,1-3H3,(H2,14,17,18)/t9?,11-/m0/s1. The van der Waals surface area contributed by atoms with Crippen molar-refractivity contribution in [2.24, 2.45) is 5.14 Å². The van der Waals surface area contributed by atoms with Gasteiger partial charge in [-0.05, 0) is 26.0 Å². The third-order valence-corrected chi connectivity index (χ3v) is 8.92. The molecule has 0 saturated heterocycles. The number of hydrogen-bond acceptors (Lipinski definition) is 7. The van der Waals surface area contributed by atoms with Gasteiger partial charge in [-0.3, -0.25) is 0 Å². The third-order valence-electron chi connectivity index (χ3n) is 3.96. The second-order valence-electron chi connectivity index (χ2n) is 5.66. The first-order valence-electron chi connectivity index (χ1n) is 7.54. The van der Waals surface area contributed by atoms with E-state index in [0.29, 0.717) is 36.4 Å². The number of likely N-dealkylation sites (N-methyl/N-ethyl adjacent to an activating group) is 1. The Kier molecular flexibility index (Phi) is 6.06. The van der Waals surface area contributed by atoms with Crippen LogP contribution in [0.25, 0.3) is 0 Å². The summed E-state index contributed by atoms with van der Waals surface area (Å²) in [4.78, 5) is 0. The van der Waals surface area contributed by atoms with Gasteiger partial charge in [0.1, 0.15) is 8.42 Å². The zero-order valence-corrected chi connectivity index (χ0v) is 16.3. The molecule has 0 fully saturated rings. The molecule has 2 atom stereocenters. The van der Waals surface area contributed by atoms with Crippen LogP contribution in [0.15, 0.2) is 14.5 Å². The first kappa shape index (κ1) is 19.8. The third kappa shape index (κ3) is 3.98. The number of thiophene rings is 1. The minimum Gasteiger partial charge on any atom is -0.382 e. The van der Waals surface area contributed by atoms with Crippen molar-refractivity contribution in [2.75, 3.05) is 26.7 Å². The molecule has 0 aromatic carbocycles. The molecule has 138 valence electrons. The number of nitrogens with one attached hydrogen (secondary N) is 1. The van der Waals surface area contributed by atoms with Gasteiger partial charge >= 0.3 is 0 Å². The van der Waals surface area contributed by atoms with Crippen molar-refractivity contribution in [3.05, 3.63) is 11.6 Å². The number of nitrogens with zero attached hydrogens (tertiary/aromatic N) is 1. The summed E-state index contributed by atoms with van der Waals surface area (Å²) >= 11 is 0.709. The van der Waals surface area contributed by atoms with E-state index in [4.69, 9.17) is 9.88 Å². The second kappa shape index (κ2) is 7.36. The van der Waals surface area contributed by atoms with Gasteiger partial charge in [-0.25, -0.2) is 22.0 Å². The van der Waals surface area contributed by atoms with Crippen molar-refractivity contribution in [3.63, 3.8) is 0 Å². The fourth-order valence-electron chi connectivity index (χ4n) is 2.54. The molecule has 0 bridgehead atoms. The highest BCUT2D eigenvalue weighted by atomic mass is 32.3. The molecule has 2 rings (SSSR count). The van der Waals surface area contributed by atoms with Crippen LogP contribution < -0.4 is 10.5 Å². The predicted molar refractivity (Wildman–Crippen MR) is 92.0 cm³/mol. The zero-order chi connectivity index (χ0) is 18.1. The van der Waals surface area contributed by atoms with Gasteiger partial charge in [0, 0.05) is 31.8 Å². The summed E-state index contributed by atoms with van der Waals surface area (Å²) in [5.41, 5.74) is 0.474. The van der Waals surface area contributed by atoms with Gasteiger partial charge in [0.15, 0.2) is 0 Å². The van der Waals surface area contributed by atoms with E-state index in [9.17, 15) is 16.8 Å². The lowest BCUT2D eigenvalue weighted by Gasteiger charge is -2.32. The van der Waals surface area contributed by atoms with E-state index in [0.717, 1.165) is 0 Å². The molecule has 0 radical (unpaired) electrons. The maximum atomic E-state index is 12.8. The summed E-state index contributed by atoms with van der Waals surface area (Å²) in [7, 11) is -6.11. The molecule has 0 amide bonds. The fraction of sp³-hybridized carbons (Fsp3) is 0.692. The van der Waals surface area contributed by atoms with Gasteiger partial charge in [-0.2, -0.15) is 4.31 Å². The largest absolute Gasteiger partial charge is 0.382 e. The number of rotatable bonds is 7. The van der Waals surface area contributed by atoms with Crippen LogP contribution in [0.3, 0.4) is 0 Å². The van der Waals surface area contributed by atoms with Gasteiger partial charge in [0.2, 0.25) is 10.0 Å². The zero-order valence-electron chi connectivity index (χ0n) is 13.9. The van der Waals surface area contributed by atoms with Crippen LogP contribution in [-0.2, 0) is 24.8 Å². The highest BCUT2D eigenvalue weighted by Crippen LogP contribution is 2.39. The smallest absolute Gasteiger partial charge is 0.252 e. The summed E-state index contributed by atoms with van der Waals surface area (Å²) in [6.45, 7) is 4.97. The van der Waals surface area contributed by atoms with Crippen molar-refractivity contribution in [1.82, 2.24) is 9.62 Å². The average Bonchev–Trinajstić information content (AvgIpc) is 2.95. The number of fused-ring (bicyclic) bond motifs is 1. The maximum Gasteiger partial charge on any atom is 0.252 e. The van der Waals surface area contributed by atoms with Crippen LogP contribution in [0.4, 0.5) is 0 Å². The molecule has 11 heteroatoms. The van der Waals surface area contributed by atoms with Crippen molar-refractivity contribution in [3.8, 4) is 0 Å². The first-order chi connectivity index (χ1) is 11.1. The minimum absolute atomic E-state index is 0.0498. The van der Waals surface area contributed by atoms with Crippen molar-refractivity contribution in [2.45, 2.75) is 40.8 Å². The molecule has 0 spiro atoms. The van der Waals surface area contributed by atoms with Crippen LogP contribution >= 0.6 is 11.3 Å².